The summed E-state index contributed by atoms with van der Waals surface area (Å²) in [6, 6.07) is 15.7. The van der Waals surface area contributed by atoms with Crippen LogP contribution < -0.4 is 10.1 Å². The first kappa shape index (κ1) is 19.9. The molecule has 28 heavy (non-hydrogen) atoms. The number of nitrogens with zero attached hydrogens (tertiary/aromatic N) is 1. The van der Waals surface area contributed by atoms with Crippen LogP contribution in [0.5, 0.6) is 5.75 Å². The van der Waals surface area contributed by atoms with E-state index in [9.17, 15) is 14.7 Å². The van der Waals surface area contributed by atoms with Gasteiger partial charge in [-0.3, -0.25) is 9.59 Å². The molecule has 2 aromatic carbocycles. The molecular weight excluding hydrogens is 356 g/mol. The summed E-state index contributed by atoms with van der Waals surface area (Å²) in [5, 5.41) is 13.0. The molecule has 1 aliphatic rings. The molecule has 3 rings (SSSR count). The van der Waals surface area contributed by atoms with Crippen molar-refractivity contribution in [3.8, 4) is 5.75 Å². The number of aliphatic hydroxyl groups is 1. The summed E-state index contributed by atoms with van der Waals surface area (Å²) >= 11 is 0. The molecule has 0 aromatic heterocycles. The highest BCUT2D eigenvalue weighted by molar-refractivity contribution is 6.00. The summed E-state index contributed by atoms with van der Waals surface area (Å²) in [6.45, 7) is 2.96. The molecule has 1 heterocycles. The van der Waals surface area contributed by atoms with Crippen molar-refractivity contribution in [3.63, 3.8) is 0 Å². The average molecular weight is 382 g/mol. The Morgan fingerprint density at radius 1 is 1.18 bits per heavy atom. The van der Waals surface area contributed by atoms with Gasteiger partial charge >= 0.3 is 0 Å². The number of rotatable bonds is 7. The van der Waals surface area contributed by atoms with E-state index in [0.29, 0.717) is 30.9 Å². The number of carbonyl (C=O) groups is 2. The third-order valence-corrected chi connectivity index (χ3v) is 4.89. The van der Waals surface area contributed by atoms with Crippen molar-refractivity contribution < 1.29 is 19.4 Å². The van der Waals surface area contributed by atoms with Crippen LogP contribution in [0.3, 0.4) is 0 Å². The zero-order valence-corrected chi connectivity index (χ0v) is 16.0. The van der Waals surface area contributed by atoms with Crippen LogP contribution in [0.2, 0.25) is 0 Å². The second kappa shape index (κ2) is 9.37. The van der Waals surface area contributed by atoms with Crippen LogP contribution in [0.4, 0.5) is 0 Å². The number of para-hydroxylation sites is 1. The first-order chi connectivity index (χ1) is 13.6. The van der Waals surface area contributed by atoms with Crippen molar-refractivity contribution in [3.05, 3.63) is 65.7 Å². The van der Waals surface area contributed by atoms with Crippen LogP contribution in [0.15, 0.2) is 54.6 Å². The number of amides is 2. The fourth-order valence-electron chi connectivity index (χ4n) is 3.47. The van der Waals surface area contributed by atoms with Crippen LogP contribution in [-0.4, -0.2) is 47.6 Å². The van der Waals surface area contributed by atoms with E-state index < -0.39 is 12.1 Å². The zero-order valence-electron chi connectivity index (χ0n) is 16.0. The van der Waals surface area contributed by atoms with Gasteiger partial charge in [-0.1, -0.05) is 42.5 Å². The summed E-state index contributed by atoms with van der Waals surface area (Å²) in [5.74, 6) is 0.0839. The molecule has 148 valence electrons. The average Bonchev–Trinajstić information content (AvgIpc) is 3.22. The van der Waals surface area contributed by atoms with Gasteiger partial charge in [0, 0.05) is 13.1 Å². The second-order valence-corrected chi connectivity index (χ2v) is 6.76. The number of hydrogen-bond donors (Lipinski definition) is 2. The molecule has 0 spiro atoms. The molecule has 0 aliphatic carbocycles. The van der Waals surface area contributed by atoms with Crippen LogP contribution in [0, 0.1) is 0 Å². The summed E-state index contributed by atoms with van der Waals surface area (Å²) in [5.41, 5.74) is 1.21. The maximum atomic E-state index is 13.0. The summed E-state index contributed by atoms with van der Waals surface area (Å²) in [6.07, 6.45) is 0.590. The third-order valence-electron chi connectivity index (χ3n) is 4.89. The van der Waals surface area contributed by atoms with E-state index in [4.69, 9.17) is 4.74 Å². The number of ether oxygens (including phenoxy) is 1. The molecule has 0 radical (unpaired) electrons. The molecular formula is C22H26N2O4. The van der Waals surface area contributed by atoms with E-state index in [0.717, 1.165) is 12.0 Å². The van der Waals surface area contributed by atoms with Gasteiger partial charge in [0.05, 0.1) is 18.3 Å². The molecule has 1 aliphatic heterocycles. The minimum Gasteiger partial charge on any atom is -0.493 e. The first-order valence-electron chi connectivity index (χ1n) is 9.65. The van der Waals surface area contributed by atoms with Crippen molar-refractivity contribution in [1.29, 1.82) is 0 Å². The lowest BCUT2D eigenvalue weighted by Crippen LogP contribution is -2.46. The van der Waals surface area contributed by atoms with Crippen molar-refractivity contribution in [2.75, 3.05) is 19.7 Å². The molecule has 0 bridgehead atoms. The van der Waals surface area contributed by atoms with Crippen molar-refractivity contribution in [2.45, 2.75) is 31.9 Å². The van der Waals surface area contributed by atoms with Gasteiger partial charge in [0.1, 0.15) is 11.8 Å². The summed E-state index contributed by atoms with van der Waals surface area (Å²) < 4.78 is 5.56. The van der Waals surface area contributed by atoms with E-state index in [1.165, 1.54) is 0 Å². The lowest BCUT2D eigenvalue weighted by atomic mass is 10.1. The smallest absolute Gasteiger partial charge is 0.258 e. The van der Waals surface area contributed by atoms with E-state index >= 15 is 0 Å². The SMILES string of the molecule is CCOc1ccccc1C(=O)N1CCCC1C(=O)NCC(O)c1ccccc1. The highest BCUT2D eigenvalue weighted by Gasteiger charge is 2.35. The van der Waals surface area contributed by atoms with Gasteiger partial charge in [-0.05, 0) is 37.5 Å². The minimum atomic E-state index is -0.783. The highest BCUT2D eigenvalue weighted by Crippen LogP contribution is 2.25. The van der Waals surface area contributed by atoms with E-state index in [1.807, 2.05) is 43.3 Å². The number of benzene rings is 2. The fourth-order valence-corrected chi connectivity index (χ4v) is 3.47. The lowest BCUT2D eigenvalue weighted by Gasteiger charge is -2.25. The second-order valence-electron chi connectivity index (χ2n) is 6.76. The van der Waals surface area contributed by atoms with E-state index in [-0.39, 0.29) is 18.4 Å². The topological polar surface area (TPSA) is 78.9 Å². The Hall–Kier alpha value is -2.86. The zero-order chi connectivity index (χ0) is 19.9. The minimum absolute atomic E-state index is 0.108. The Bertz CT molecular complexity index is 809. The predicted octanol–water partition coefficient (Wildman–Crippen LogP) is 2.54. The van der Waals surface area contributed by atoms with Gasteiger partial charge in [0.2, 0.25) is 5.91 Å². The van der Waals surface area contributed by atoms with Crippen molar-refractivity contribution in [2.24, 2.45) is 0 Å². The molecule has 6 heteroatoms. The van der Waals surface area contributed by atoms with Gasteiger partial charge in [-0.2, -0.15) is 0 Å². The fraction of sp³-hybridized carbons (Fsp3) is 0.364. The molecule has 2 N–H and O–H groups in total. The molecule has 2 unspecified atom stereocenters. The molecule has 2 aromatic rings. The third kappa shape index (κ3) is 4.51. The molecule has 1 saturated heterocycles. The van der Waals surface area contributed by atoms with Gasteiger partial charge < -0.3 is 20.1 Å². The number of hydrogen-bond acceptors (Lipinski definition) is 4. The van der Waals surface area contributed by atoms with Crippen molar-refractivity contribution >= 4 is 11.8 Å². The Labute approximate surface area is 165 Å². The highest BCUT2D eigenvalue weighted by atomic mass is 16.5. The largest absolute Gasteiger partial charge is 0.493 e. The molecule has 6 nitrogen and oxygen atoms in total. The Morgan fingerprint density at radius 3 is 2.64 bits per heavy atom. The van der Waals surface area contributed by atoms with Crippen molar-refractivity contribution in [1.82, 2.24) is 10.2 Å². The monoisotopic (exact) mass is 382 g/mol. The maximum Gasteiger partial charge on any atom is 0.258 e. The van der Waals surface area contributed by atoms with Crippen LogP contribution in [-0.2, 0) is 4.79 Å². The van der Waals surface area contributed by atoms with E-state index in [2.05, 4.69) is 5.32 Å². The quantitative estimate of drug-likeness (QED) is 0.771. The standard InChI is InChI=1S/C22H26N2O4/c1-2-28-20-13-7-6-11-17(20)22(27)24-14-8-12-18(24)21(26)23-15-19(25)16-9-4-3-5-10-16/h3-7,9-11,13,18-19,25H,2,8,12,14-15H2,1H3,(H,23,26). The predicted molar refractivity (Wildman–Crippen MR) is 106 cm³/mol. The lowest BCUT2D eigenvalue weighted by molar-refractivity contribution is -0.125. The number of aliphatic hydroxyl groups excluding tert-OH is 1. The number of carbonyl (C=O) groups excluding carboxylic acids is 2. The van der Waals surface area contributed by atoms with Gasteiger partial charge in [-0.15, -0.1) is 0 Å². The van der Waals surface area contributed by atoms with Crippen LogP contribution in [0.25, 0.3) is 0 Å². The normalized spacial score (nSPS) is 17.2. The Morgan fingerprint density at radius 2 is 1.89 bits per heavy atom. The van der Waals surface area contributed by atoms with Gasteiger partial charge in [0.15, 0.2) is 0 Å². The maximum absolute atomic E-state index is 13.0. The van der Waals surface area contributed by atoms with Crippen LogP contribution >= 0.6 is 0 Å². The molecule has 2 amide bonds. The summed E-state index contributed by atoms with van der Waals surface area (Å²) in [7, 11) is 0. The first-order valence-corrected chi connectivity index (χ1v) is 9.65. The van der Waals surface area contributed by atoms with Gasteiger partial charge in [-0.25, -0.2) is 0 Å². The van der Waals surface area contributed by atoms with Gasteiger partial charge in [0.25, 0.3) is 5.91 Å². The molecule has 2 atom stereocenters. The summed E-state index contributed by atoms with van der Waals surface area (Å²) in [4.78, 5) is 27.3. The Kier molecular flexibility index (Phi) is 6.66. The molecule has 0 saturated carbocycles. The Balaban J connectivity index is 1.65. The van der Waals surface area contributed by atoms with Crippen LogP contribution in [0.1, 0.15) is 41.8 Å². The molecule has 1 fully saturated rings. The number of nitrogens with one attached hydrogen (secondary N) is 1. The van der Waals surface area contributed by atoms with E-state index in [1.54, 1.807) is 23.1 Å². The number of likely N-dealkylation sites (tertiary alicyclic amines) is 1.